The van der Waals surface area contributed by atoms with Crippen molar-refractivity contribution in [2.75, 3.05) is 5.75 Å². The first-order valence-electron chi connectivity index (χ1n) is 5.32. The second-order valence-electron chi connectivity index (χ2n) is 4.81. The van der Waals surface area contributed by atoms with Gasteiger partial charge in [0.05, 0.1) is 5.25 Å². The molecule has 3 nitrogen and oxygen atoms in total. The number of carbonyl (C=O) groups excluding carboxylic acids is 1. The average molecular weight is 233 g/mol. The quantitative estimate of drug-likeness (QED) is 0.740. The molecule has 0 radical (unpaired) electrons. The van der Waals surface area contributed by atoms with Crippen LogP contribution in [-0.4, -0.2) is 28.6 Å². The van der Waals surface area contributed by atoms with Gasteiger partial charge in [0, 0.05) is 6.04 Å². The summed E-state index contributed by atoms with van der Waals surface area (Å²) in [6, 6.07) is 0.198. The third-order valence-corrected chi connectivity index (χ3v) is 2.84. The van der Waals surface area contributed by atoms with Gasteiger partial charge in [-0.3, -0.25) is 4.79 Å². The summed E-state index contributed by atoms with van der Waals surface area (Å²) >= 11 is 1.60. The Bertz CT molecular complexity index is 199. The summed E-state index contributed by atoms with van der Waals surface area (Å²) < 4.78 is 5.27. The molecule has 4 heteroatoms. The van der Waals surface area contributed by atoms with E-state index < -0.39 is 5.60 Å². The predicted octanol–water partition coefficient (Wildman–Crippen LogP) is 2.19. The van der Waals surface area contributed by atoms with Crippen molar-refractivity contribution in [2.45, 2.75) is 57.9 Å². The number of nitrogens with two attached hydrogens (primary N) is 1. The van der Waals surface area contributed by atoms with E-state index in [0.29, 0.717) is 0 Å². The first-order valence-corrected chi connectivity index (χ1v) is 6.37. The number of carbonyl (C=O) groups is 1. The topological polar surface area (TPSA) is 52.3 Å². The molecule has 0 aromatic carbocycles. The zero-order valence-corrected chi connectivity index (χ0v) is 11.2. The van der Waals surface area contributed by atoms with Crippen molar-refractivity contribution < 1.29 is 9.53 Å². The van der Waals surface area contributed by atoms with Crippen molar-refractivity contribution in [1.82, 2.24) is 0 Å². The Balaban J connectivity index is 3.80. The maximum Gasteiger partial charge on any atom is 0.319 e. The highest BCUT2D eigenvalue weighted by molar-refractivity contribution is 8.00. The average Bonchev–Trinajstić information content (AvgIpc) is 1.99. The molecule has 2 N–H and O–H groups in total. The SMILES string of the molecule is CC(N)CCSC(C)C(=O)OC(C)(C)C. The molecular formula is C11H23NO2S. The molecule has 0 aromatic rings. The highest BCUT2D eigenvalue weighted by Gasteiger charge is 2.21. The molecule has 0 saturated carbocycles. The van der Waals surface area contributed by atoms with Gasteiger partial charge < -0.3 is 10.5 Å². The van der Waals surface area contributed by atoms with E-state index in [1.807, 2.05) is 34.6 Å². The van der Waals surface area contributed by atoms with Gasteiger partial charge in [-0.05, 0) is 46.8 Å². The van der Waals surface area contributed by atoms with E-state index in [1.165, 1.54) is 0 Å². The van der Waals surface area contributed by atoms with E-state index in [4.69, 9.17) is 10.5 Å². The fraction of sp³-hybridized carbons (Fsp3) is 0.909. The minimum Gasteiger partial charge on any atom is -0.459 e. The number of ether oxygens (including phenoxy) is 1. The Morgan fingerprint density at radius 1 is 1.40 bits per heavy atom. The van der Waals surface area contributed by atoms with Crippen molar-refractivity contribution in [3.63, 3.8) is 0 Å². The normalized spacial score (nSPS) is 15.9. The van der Waals surface area contributed by atoms with Crippen LogP contribution in [0.25, 0.3) is 0 Å². The van der Waals surface area contributed by atoms with Crippen LogP contribution in [0, 0.1) is 0 Å². The number of esters is 1. The summed E-state index contributed by atoms with van der Waals surface area (Å²) in [6.45, 7) is 9.48. The second-order valence-corrected chi connectivity index (χ2v) is 6.26. The summed E-state index contributed by atoms with van der Waals surface area (Å²) in [5.74, 6) is 0.759. The molecule has 15 heavy (non-hydrogen) atoms. The maximum absolute atomic E-state index is 11.6. The summed E-state index contributed by atoms with van der Waals surface area (Å²) in [6.07, 6.45) is 0.928. The van der Waals surface area contributed by atoms with Crippen LogP contribution < -0.4 is 5.73 Å². The molecule has 0 amide bonds. The third kappa shape index (κ3) is 8.75. The van der Waals surface area contributed by atoms with Crippen LogP contribution in [0.1, 0.15) is 41.0 Å². The molecule has 0 saturated heterocycles. The van der Waals surface area contributed by atoms with Crippen LogP contribution in [0.3, 0.4) is 0 Å². The van der Waals surface area contributed by atoms with Crippen molar-refractivity contribution >= 4 is 17.7 Å². The Morgan fingerprint density at radius 2 is 1.93 bits per heavy atom. The standard InChI is InChI=1S/C11H23NO2S/c1-8(12)6-7-15-9(2)10(13)14-11(3,4)5/h8-9H,6-7,12H2,1-5H3. The van der Waals surface area contributed by atoms with Crippen LogP contribution in [0.2, 0.25) is 0 Å². The Kier molecular flexibility index (Phi) is 6.29. The fourth-order valence-corrected chi connectivity index (χ4v) is 1.93. The molecule has 0 aliphatic heterocycles. The molecular weight excluding hydrogens is 210 g/mol. The Labute approximate surface area is 97.1 Å². The van der Waals surface area contributed by atoms with Gasteiger partial charge in [0.25, 0.3) is 0 Å². The lowest BCUT2D eigenvalue weighted by atomic mass is 10.2. The van der Waals surface area contributed by atoms with E-state index >= 15 is 0 Å². The summed E-state index contributed by atoms with van der Waals surface area (Å²) in [5, 5.41) is -0.108. The van der Waals surface area contributed by atoms with Gasteiger partial charge in [-0.1, -0.05) is 0 Å². The zero-order valence-electron chi connectivity index (χ0n) is 10.4. The van der Waals surface area contributed by atoms with Gasteiger partial charge in [0.2, 0.25) is 0 Å². The lowest BCUT2D eigenvalue weighted by Crippen LogP contribution is -2.29. The van der Waals surface area contributed by atoms with E-state index in [2.05, 4.69) is 0 Å². The summed E-state index contributed by atoms with van der Waals surface area (Å²) in [5.41, 5.74) is 5.23. The monoisotopic (exact) mass is 233 g/mol. The molecule has 0 fully saturated rings. The fourth-order valence-electron chi connectivity index (χ4n) is 0.884. The largest absolute Gasteiger partial charge is 0.459 e. The lowest BCUT2D eigenvalue weighted by molar-refractivity contribution is -0.153. The summed E-state index contributed by atoms with van der Waals surface area (Å²) in [7, 11) is 0. The van der Waals surface area contributed by atoms with Gasteiger partial charge >= 0.3 is 5.97 Å². The van der Waals surface area contributed by atoms with E-state index in [9.17, 15) is 4.79 Å². The van der Waals surface area contributed by atoms with Crippen LogP contribution >= 0.6 is 11.8 Å². The molecule has 0 aromatic heterocycles. The van der Waals surface area contributed by atoms with Crippen LogP contribution in [0.4, 0.5) is 0 Å². The highest BCUT2D eigenvalue weighted by atomic mass is 32.2. The molecule has 0 aliphatic carbocycles. The van der Waals surface area contributed by atoms with Gasteiger partial charge in [0.1, 0.15) is 5.60 Å². The molecule has 2 unspecified atom stereocenters. The number of thioether (sulfide) groups is 1. The maximum atomic E-state index is 11.6. The molecule has 90 valence electrons. The highest BCUT2D eigenvalue weighted by Crippen LogP contribution is 2.17. The minimum atomic E-state index is -0.396. The molecule has 0 spiro atoms. The van der Waals surface area contributed by atoms with E-state index in [0.717, 1.165) is 12.2 Å². The molecule has 2 atom stereocenters. The predicted molar refractivity (Wildman–Crippen MR) is 66.0 cm³/mol. The van der Waals surface area contributed by atoms with Gasteiger partial charge in [-0.25, -0.2) is 0 Å². The number of hydrogen-bond acceptors (Lipinski definition) is 4. The van der Waals surface area contributed by atoms with Crippen molar-refractivity contribution in [2.24, 2.45) is 5.73 Å². The van der Waals surface area contributed by atoms with E-state index in [-0.39, 0.29) is 17.3 Å². The van der Waals surface area contributed by atoms with Crippen LogP contribution in [0.15, 0.2) is 0 Å². The molecule has 0 rings (SSSR count). The number of rotatable bonds is 5. The third-order valence-electron chi connectivity index (χ3n) is 1.68. The first kappa shape index (κ1) is 14.8. The lowest BCUT2D eigenvalue weighted by Gasteiger charge is -2.22. The smallest absolute Gasteiger partial charge is 0.319 e. The molecule has 0 bridgehead atoms. The van der Waals surface area contributed by atoms with Crippen molar-refractivity contribution in [3.8, 4) is 0 Å². The second kappa shape index (κ2) is 6.38. The molecule has 0 aliphatic rings. The van der Waals surface area contributed by atoms with Gasteiger partial charge in [-0.2, -0.15) is 0 Å². The summed E-state index contributed by atoms with van der Waals surface area (Å²) in [4.78, 5) is 11.6. The van der Waals surface area contributed by atoms with Gasteiger partial charge in [-0.15, -0.1) is 11.8 Å². The zero-order chi connectivity index (χ0) is 12.1. The van der Waals surface area contributed by atoms with Gasteiger partial charge in [0.15, 0.2) is 0 Å². The van der Waals surface area contributed by atoms with Crippen LogP contribution in [0.5, 0.6) is 0 Å². The minimum absolute atomic E-state index is 0.108. The van der Waals surface area contributed by atoms with Crippen molar-refractivity contribution in [1.29, 1.82) is 0 Å². The van der Waals surface area contributed by atoms with E-state index in [1.54, 1.807) is 11.8 Å². The first-order chi connectivity index (χ1) is 6.72. The van der Waals surface area contributed by atoms with Crippen molar-refractivity contribution in [3.05, 3.63) is 0 Å². The Morgan fingerprint density at radius 3 is 2.33 bits per heavy atom. The Hall–Kier alpha value is -0.220. The number of hydrogen-bond donors (Lipinski definition) is 1. The van der Waals surface area contributed by atoms with Crippen LogP contribution in [-0.2, 0) is 9.53 Å². The molecule has 0 heterocycles.